The summed E-state index contributed by atoms with van der Waals surface area (Å²) in [5, 5.41) is 2.73. The number of benzene rings is 2. The van der Waals surface area contributed by atoms with Gasteiger partial charge in [0, 0.05) is 4.83 Å². The Morgan fingerprint density at radius 3 is 2.57 bits per heavy atom. The van der Waals surface area contributed by atoms with Crippen molar-refractivity contribution in [1.82, 2.24) is 0 Å². The minimum atomic E-state index is 0.571. The summed E-state index contributed by atoms with van der Waals surface area (Å²) in [5.74, 6) is 0. The van der Waals surface area contributed by atoms with Crippen molar-refractivity contribution in [3.8, 4) is 0 Å². The van der Waals surface area contributed by atoms with Crippen LogP contribution in [0.25, 0.3) is 10.8 Å². The zero-order valence-corrected chi connectivity index (χ0v) is 9.42. The predicted octanol–water partition coefficient (Wildman–Crippen LogP) is 4.22. The second-order valence-electron chi connectivity index (χ2n) is 3.90. The molecule has 0 aromatic heterocycles. The van der Waals surface area contributed by atoms with Crippen LogP contribution in [0.2, 0.25) is 0 Å². The fourth-order valence-electron chi connectivity index (χ4n) is 2.25. The number of hydrogen-bond donors (Lipinski definition) is 0. The van der Waals surface area contributed by atoms with Gasteiger partial charge in [-0.1, -0.05) is 46.3 Å². The third kappa shape index (κ3) is 1.19. The summed E-state index contributed by atoms with van der Waals surface area (Å²) >= 11 is 3.72. The van der Waals surface area contributed by atoms with E-state index >= 15 is 0 Å². The van der Waals surface area contributed by atoms with Crippen LogP contribution >= 0.6 is 15.9 Å². The van der Waals surface area contributed by atoms with E-state index < -0.39 is 0 Å². The highest BCUT2D eigenvalue weighted by atomic mass is 79.9. The first-order chi connectivity index (χ1) is 6.84. The number of rotatable bonds is 0. The fourth-order valence-corrected chi connectivity index (χ4v) is 2.91. The van der Waals surface area contributed by atoms with E-state index in [0.717, 1.165) is 0 Å². The molecule has 0 saturated carbocycles. The van der Waals surface area contributed by atoms with Crippen LogP contribution in [0, 0.1) is 0 Å². The molecule has 0 saturated heterocycles. The highest BCUT2D eigenvalue weighted by Gasteiger charge is 2.19. The lowest BCUT2D eigenvalue weighted by atomic mass is 10.0. The molecule has 0 heterocycles. The quantitative estimate of drug-likeness (QED) is 0.611. The minimum Gasteiger partial charge on any atom is -0.0839 e. The van der Waals surface area contributed by atoms with Gasteiger partial charge in [-0.05, 0) is 40.8 Å². The molecule has 0 aliphatic heterocycles. The average Bonchev–Trinajstić information content (AvgIpc) is 2.57. The maximum Gasteiger partial charge on any atom is 0.0401 e. The number of alkyl halides is 1. The summed E-state index contributed by atoms with van der Waals surface area (Å²) in [5.41, 5.74) is 3.01. The third-order valence-electron chi connectivity index (χ3n) is 3.01. The molecule has 0 radical (unpaired) electrons. The molecule has 0 bridgehead atoms. The number of hydrogen-bond acceptors (Lipinski definition) is 0. The van der Waals surface area contributed by atoms with Crippen LogP contribution in [0.3, 0.4) is 0 Å². The number of aryl methyl sites for hydroxylation is 1. The number of halogens is 1. The van der Waals surface area contributed by atoms with E-state index in [1.807, 2.05) is 0 Å². The molecule has 1 atom stereocenters. The standard InChI is InChI=1S/C13H11Br/c14-13-6-5-11-7-9-3-1-2-4-10(9)8-12(11)13/h1-4,7-8,13H,5-6H2/t13-/m1/s1. The van der Waals surface area contributed by atoms with Gasteiger partial charge < -0.3 is 0 Å². The van der Waals surface area contributed by atoms with Crippen LogP contribution in [0.5, 0.6) is 0 Å². The molecule has 70 valence electrons. The van der Waals surface area contributed by atoms with Crippen molar-refractivity contribution in [2.75, 3.05) is 0 Å². The molecule has 14 heavy (non-hydrogen) atoms. The van der Waals surface area contributed by atoms with Crippen molar-refractivity contribution in [3.63, 3.8) is 0 Å². The lowest BCUT2D eigenvalue weighted by Gasteiger charge is -2.05. The fraction of sp³-hybridized carbons (Fsp3) is 0.231. The van der Waals surface area contributed by atoms with E-state index in [9.17, 15) is 0 Å². The van der Waals surface area contributed by atoms with Crippen molar-refractivity contribution >= 4 is 26.7 Å². The Kier molecular flexibility index (Phi) is 1.88. The van der Waals surface area contributed by atoms with E-state index in [1.165, 1.54) is 34.7 Å². The first-order valence-corrected chi connectivity index (χ1v) is 5.92. The lowest BCUT2D eigenvalue weighted by Crippen LogP contribution is -1.84. The zero-order valence-electron chi connectivity index (χ0n) is 7.83. The normalized spacial score (nSPS) is 19.9. The summed E-state index contributed by atoms with van der Waals surface area (Å²) in [6, 6.07) is 13.3. The van der Waals surface area contributed by atoms with E-state index in [4.69, 9.17) is 0 Å². The second kappa shape index (κ2) is 3.09. The molecule has 1 aliphatic carbocycles. The second-order valence-corrected chi connectivity index (χ2v) is 5.01. The minimum absolute atomic E-state index is 0.571. The third-order valence-corrected chi connectivity index (χ3v) is 3.96. The van der Waals surface area contributed by atoms with Crippen LogP contribution in [0.4, 0.5) is 0 Å². The van der Waals surface area contributed by atoms with Crippen molar-refractivity contribution in [3.05, 3.63) is 47.5 Å². The van der Waals surface area contributed by atoms with Crippen LogP contribution in [0.15, 0.2) is 36.4 Å². The van der Waals surface area contributed by atoms with Crippen LogP contribution in [-0.2, 0) is 6.42 Å². The first-order valence-electron chi connectivity index (χ1n) is 5.00. The molecule has 2 aromatic carbocycles. The van der Waals surface area contributed by atoms with Gasteiger partial charge in [0.05, 0.1) is 0 Å². The predicted molar refractivity (Wildman–Crippen MR) is 63.9 cm³/mol. The van der Waals surface area contributed by atoms with Gasteiger partial charge in [0.25, 0.3) is 0 Å². The van der Waals surface area contributed by atoms with Crippen LogP contribution in [-0.4, -0.2) is 0 Å². The van der Waals surface area contributed by atoms with Gasteiger partial charge in [0.15, 0.2) is 0 Å². The molecular weight excluding hydrogens is 236 g/mol. The molecule has 1 aliphatic rings. The molecule has 3 rings (SSSR count). The molecule has 0 amide bonds. The average molecular weight is 247 g/mol. The highest BCUT2D eigenvalue weighted by Crippen LogP contribution is 2.39. The van der Waals surface area contributed by atoms with Gasteiger partial charge in [0.1, 0.15) is 0 Å². The summed E-state index contributed by atoms with van der Waals surface area (Å²) in [4.78, 5) is 0.571. The molecule has 0 fully saturated rings. The Balaban J connectivity index is 2.33. The molecule has 0 nitrogen and oxygen atoms in total. The van der Waals surface area contributed by atoms with E-state index in [-0.39, 0.29) is 0 Å². The topological polar surface area (TPSA) is 0 Å². The Morgan fingerprint density at radius 2 is 1.79 bits per heavy atom. The smallest absolute Gasteiger partial charge is 0.0401 e. The Labute approximate surface area is 92.1 Å². The molecule has 0 spiro atoms. The summed E-state index contributed by atoms with van der Waals surface area (Å²) in [6.07, 6.45) is 2.46. The van der Waals surface area contributed by atoms with E-state index in [1.54, 1.807) is 0 Å². The molecular formula is C13H11Br. The number of fused-ring (bicyclic) bond motifs is 2. The Morgan fingerprint density at radius 1 is 1.07 bits per heavy atom. The van der Waals surface area contributed by atoms with Crippen molar-refractivity contribution in [2.45, 2.75) is 17.7 Å². The highest BCUT2D eigenvalue weighted by molar-refractivity contribution is 9.09. The van der Waals surface area contributed by atoms with E-state index in [0.29, 0.717) is 4.83 Å². The summed E-state index contributed by atoms with van der Waals surface area (Å²) < 4.78 is 0. The maximum atomic E-state index is 3.72. The zero-order chi connectivity index (χ0) is 9.54. The summed E-state index contributed by atoms with van der Waals surface area (Å²) in [6.45, 7) is 0. The van der Waals surface area contributed by atoms with Crippen LogP contribution < -0.4 is 0 Å². The summed E-state index contributed by atoms with van der Waals surface area (Å²) in [7, 11) is 0. The molecule has 1 heteroatoms. The van der Waals surface area contributed by atoms with Crippen LogP contribution in [0.1, 0.15) is 22.4 Å². The monoisotopic (exact) mass is 246 g/mol. The van der Waals surface area contributed by atoms with Crippen molar-refractivity contribution < 1.29 is 0 Å². The van der Waals surface area contributed by atoms with Crippen molar-refractivity contribution in [2.24, 2.45) is 0 Å². The molecule has 0 unspecified atom stereocenters. The van der Waals surface area contributed by atoms with Gasteiger partial charge in [0.2, 0.25) is 0 Å². The van der Waals surface area contributed by atoms with Gasteiger partial charge in [-0.2, -0.15) is 0 Å². The van der Waals surface area contributed by atoms with Gasteiger partial charge in [-0.3, -0.25) is 0 Å². The van der Waals surface area contributed by atoms with Gasteiger partial charge >= 0.3 is 0 Å². The SMILES string of the molecule is Br[C@@H]1CCc2cc3ccccc3cc21. The Hall–Kier alpha value is -0.820. The molecule has 2 aromatic rings. The maximum absolute atomic E-state index is 3.72. The molecule has 0 N–H and O–H groups in total. The van der Waals surface area contributed by atoms with E-state index in [2.05, 4.69) is 52.3 Å². The largest absolute Gasteiger partial charge is 0.0839 e. The van der Waals surface area contributed by atoms with Gasteiger partial charge in [-0.15, -0.1) is 0 Å². The van der Waals surface area contributed by atoms with Gasteiger partial charge in [-0.25, -0.2) is 0 Å². The Bertz CT molecular complexity index is 488. The lowest BCUT2D eigenvalue weighted by molar-refractivity contribution is 0.904. The first kappa shape index (κ1) is 8.49. The van der Waals surface area contributed by atoms with Crippen molar-refractivity contribution in [1.29, 1.82) is 0 Å².